The van der Waals surface area contributed by atoms with E-state index in [1.54, 1.807) is 29.6 Å². The van der Waals surface area contributed by atoms with Gasteiger partial charge in [-0.15, -0.1) is 11.3 Å². The SMILES string of the molecule is CCCNS(=O)(=O)c1cc(NC(=O)c2cccs2)ccc1Oc1c(C)c(C(=O)O)nn1-c1ccc(C)cc1. The predicted octanol–water partition coefficient (Wildman–Crippen LogP) is 4.98. The standard InChI is InChI=1S/C26H26N4O6S2/c1-4-13-27-38(34,35)22-15-18(28-24(31)21-6-5-14-37-21)9-12-20(22)36-25-17(3)23(26(32)33)29-30(25)19-10-7-16(2)8-11-19/h5-12,14-15,27H,4,13H2,1-3H3,(H,28,31)(H,32,33). The average Bonchev–Trinajstić information content (AvgIpc) is 3.53. The second kappa shape index (κ2) is 11.2. The number of nitrogens with zero attached hydrogens (tertiary/aromatic N) is 2. The number of ether oxygens (including phenoxy) is 1. The van der Waals surface area contributed by atoms with E-state index in [0.717, 1.165) is 5.56 Å². The van der Waals surface area contributed by atoms with Crippen LogP contribution in [0.5, 0.6) is 11.6 Å². The molecule has 12 heteroatoms. The van der Waals surface area contributed by atoms with E-state index in [4.69, 9.17) is 4.74 Å². The molecular formula is C26H26N4O6S2. The number of carboxylic acid groups (broad SMARTS) is 1. The van der Waals surface area contributed by atoms with Crippen LogP contribution in [0.3, 0.4) is 0 Å². The molecule has 10 nitrogen and oxygen atoms in total. The van der Waals surface area contributed by atoms with Gasteiger partial charge in [0.2, 0.25) is 15.9 Å². The zero-order chi connectivity index (χ0) is 27.4. The first-order chi connectivity index (χ1) is 18.1. The smallest absolute Gasteiger partial charge is 0.356 e. The van der Waals surface area contributed by atoms with E-state index in [-0.39, 0.29) is 45.9 Å². The summed E-state index contributed by atoms with van der Waals surface area (Å²) in [5.41, 5.74) is 1.78. The molecule has 198 valence electrons. The lowest BCUT2D eigenvalue weighted by Gasteiger charge is -2.16. The number of benzene rings is 2. The van der Waals surface area contributed by atoms with Crippen LogP contribution >= 0.6 is 11.3 Å². The fourth-order valence-electron chi connectivity index (χ4n) is 3.56. The van der Waals surface area contributed by atoms with Crippen LogP contribution in [0.25, 0.3) is 5.69 Å². The van der Waals surface area contributed by atoms with Crippen LogP contribution in [0, 0.1) is 13.8 Å². The normalized spacial score (nSPS) is 11.3. The van der Waals surface area contributed by atoms with Crippen LogP contribution in [-0.4, -0.2) is 41.7 Å². The van der Waals surface area contributed by atoms with Gasteiger partial charge >= 0.3 is 5.97 Å². The van der Waals surface area contributed by atoms with Crippen LogP contribution < -0.4 is 14.8 Å². The van der Waals surface area contributed by atoms with Crippen LogP contribution in [-0.2, 0) is 10.0 Å². The summed E-state index contributed by atoms with van der Waals surface area (Å²) in [6, 6.07) is 14.8. The van der Waals surface area contributed by atoms with Crippen molar-refractivity contribution in [1.29, 1.82) is 0 Å². The second-order valence-corrected chi connectivity index (χ2v) is 11.1. The minimum Gasteiger partial charge on any atom is -0.476 e. The van der Waals surface area contributed by atoms with Crippen LogP contribution in [0.4, 0.5) is 5.69 Å². The highest BCUT2D eigenvalue weighted by molar-refractivity contribution is 7.89. The fraction of sp³-hybridized carbons (Fsp3) is 0.192. The fourth-order valence-corrected chi connectivity index (χ4v) is 5.47. The van der Waals surface area contributed by atoms with Crippen LogP contribution in [0.15, 0.2) is 64.9 Å². The number of hydrogen-bond donors (Lipinski definition) is 3. The molecule has 4 rings (SSSR count). The van der Waals surface area contributed by atoms with Crippen molar-refractivity contribution < 1.29 is 27.9 Å². The van der Waals surface area contributed by atoms with Crippen molar-refractivity contribution in [3.8, 4) is 17.3 Å². The minimum absolute atomic E-state index is 0.0496. The van der Waals surface area contributed by atoms with E-state index in [0.29, 0.717) is 17.0 Å². The highest BCUT2D eigenvalue weighted by atomic mass is 32.2. The number of nitrogens with one attached hydrogen (secondary N) is 2. The molecule has 3 N–H and O–H groups in total. The number of aromatic nitrogens is 2. The maximum atomic E-state index is 13.2. The quantitative estimate of drug-likeness (QED) is 0.251. The Bertz CT molecular complexity index is 1580. The van der Waals surface area contributed by atoms with Crippen molar-refractivity contribution in [2.45, 2.75) is 32.1 Å². The largest absolute Gasteiger partial charge is 0.476 e. The number of carboxylic acids is 1. The van der Waals surface area contributed by atoms with Crippen LogP contribution in [0.2, 0.25) is 0 Å². The van der Waals surface area contributed by atoms with E-state index in [1.165, 1.54) is 41.1 Å². The third-order valence-corrected chi connectivity index (χ3v) is 7.89. The summed E-state index contributed by atoms with van der Waals surface area (Å²) in [6.07, 6.45) is 0.561. The molecule has 1 amide bonds. The Balaban J connectivity index is 1.80. The summed E-state index contributed by atoms with van der Waals surface area (Å²) >= 11 is 1.26. The molecule has 0 unspecified atom stereocenters. The molecule has 38 heavy (non-hydrogen) atoms. The zero-order valence-corrected chi connectivity index (χ0v) is 22.5. The van der Waals surface area contributed by atoms with Gasteiger partial charge in [-0.1, -0.05) is 30.7 Å². The van der Waals surface area contributed by atoms with Gasteiger partial charge in [0.25, 0.3) is 5.91 Å². The highest BCUT2D eigenvalue weighted by Gasteiger charge is 2.26. The molecule has 0 saturated heterocycles. The van der Waals surface area contributed by atoms with Crippen molar-refractivity contribution >= 4 is 38.9 Å². The number of carbonyl (C=O) groups is 2. The monoisotopic (exact) mass is 554 g/mol. The van der Waals surface area contributed by atoms with Crippen molar-refractivity contribution in [1.82, 2.24) is 14.5 Å². The summed E-state index contributed by atoms with van der Waals surface area (Å²) in [5.74, 6) is -1.63. The Labute approximate surface area is 223 Å². The third-order valence-electron chi connectivity index (χ3n) is 5.53. The minimum atomic E-state index is -4.06. The van der Waals surface area contributed by atoms with Crippen molar-refractivity contribution in [2.75, 3.05) is 11.9 Å². The summed E-state index contributed by atoms with van der Waals surface area (Å²) in [7, 11) is -4.06. The van der Waals surface area contributed by atoms with Gasteiger partial charge in [-0.3, -0.25) is 4.79 Å². The Morgan fingerprint density at radius 2 is 1.84 bits per heavy atom. The van der Waals surface area contributed by atoms with Crippen LogP contribution in [0.1, 0.15) is 44.6 Å². The number of anilines is 1. The number of carbonyl (C=O) groups excluding carboxylic acids is 1. The third kappa shape index (κ3) is 5.77. The molecule has 2 heterocycles. The Morgan fingerprint density at radius 1 is 1.11 bits per heavy atom. The molecule has 0 bridgehead atoms. The van der Waals surface area contributed by atoms with Gasteiger partial charge in [0.15, 0.2) is 5.69 Å². The molecule has 0 radical (unpaired) electrons. The number of thiophene rings is 1. The number of amides is 1. The van der Waals surface area contributed by atoms with Gasteiger partial charge in [0.05, 0.1) is 10.6 Å². The summed E-state index contributed by atoms with van der Waals surface area (Å²) in [5, 5.41) is 18.3. The molecule has 0 aliphatic heterocycles. The number of hydrogen-bond acceptors (Lipinski definition) is 7. The summed E-state index contributed by atoms with van der Waals surface area (Å²) in [6.45, 7) is 5.47. The van der Waals surface area contributed by atoms with E-state index < -0.39 is 16.0 Å². The molecule has 0 aliphatic rings. The van der Waals surface area contributed by atoms with E-state index in [1.807, 2.05) is 26.0 Å². The van der Waals surface area contributed by atoms with Gasteiger partial charge in [-0.05, 0) is 62.0 Å². The number of aromatic carboxylic acids is 1. The van der Waals surface area contributed by atoms with Gasteiger partial charge in [0, 0.05) is 17.8 Å². The Kier molecular flexibility index (Phi) is 7.95. The molecule has 2 aromatic heterocycles. The van der Waals surface area contributed by atoms with Gasteiger partial charge < -0.3 is 15.2 Å². The van der Waals surface area contributed by atoms with Crippen molar-refractivity contribution in [3.63, 3.8) is 0 Å². The summed E-state index contributed by atoms with van der Waals surface area (Å²) < 4.78 is 36.4. The van der Waals surface area contributed by atoms with Gasteiger partial charge in [-0.25, -0.2) is 17.9 Å². The highest BCUT2D eigenvalue weighted by Crippen LogP contribution is 2.35. The maximum Gasteiger partial charge on any atom is 0.356 e. The topological polar surface area (TPSA) is 140 Å². The van der Waals surface area contributed by atoms with Gasteiger partial charge in [0.1, 0.15) is 10.6 Å². The first kappa shape index (κ1) is 27.0. The molecule has 0 fully saturated rings. The molecule has 4 aromatic rings. The molecular weight excluding hydrogens is 528 g/mol. The maximum absolute atomic E-state index is 13.2. The number of sulfonamides is 1. The zero-order valence-electron chi connectivity index (χ0n) is 20.9. The second-order valence-electron chi connectivity index (χ2n) is 8.42. The average molecular weight is 555 g/mol. The first-order valence-electron chi connectivity index (χ1n) is 11.7. The molecule has 0 spiro atoms. The number of rotatable bonds is 10. The molecule has 0 atom stereocenters. The van der Waals surface area contributed by atoms with Gasteiger partial charge in [-0.2, -0.15) is 9.78 Å². The summed E-state index contributed by atoms with van der Waals surface area (Å²) in [4.78, 5) is 24.6. The van der Waals surface area contributed by atoms with E-state index in [2.05, 4.69) is 15.1 Å². The molecule has 0 saturated carbocycles. The van der Waals surface area contributed by atoms with Crippen molar-refractivity contribution in [3.05, 3.63) is 81.7 Å². The first-order valence-corrected chi connectivity index (χ1v) is 14.0. The van der Waals surface area contributed by atoms with E-state index >= 15 is 0 Å². The molecule has 2 aromatic carbocycles. The lowest BCUT2D eigenvalue weighted by molar-refractivity contribution is 0.0689. The Hall–Kier alpha value is -4.00. The lowest BCUT2D eigenvalue weighted by Crippen LogP contribution is -2.25. The van der Waals surface area contributed by atoms with Crippen molar-refractivity contribution in [2.24, 2.45) is 0 Å². The lowest BCUT2D eigenvalue weighted by atomic mass is 10.2. The Morgan fingerprint density at radius 3 is 2.47 bits per heavy atom. The predicted molar refractivity (Wildman–Crippen MR) is 144 cm³/mol. The molecule has 0 aliphatic carbocycles. The van der Waals surface area contributed by atoms with E-state index in [9.17, 15) is 23.1 Å². The number of aryl methyl sites for hydroxylation is 1.